The van der Waals surface area contributed by atoms with E-state index in [2.05, 4.69) is 10.6 Å². The van der Waals surface area contributed by atoms with Gasteiger partial charge in [0, 0.05) is 18.7 Å². The van der Waals surface area contributed by atoms with Crippen LogP contribution in [-0.4, -0.2) is 29.2 Å². The Hall–Kier alpha value is -3.22. The highest BCUT2D eigenvalue weighted by Crippen LogP contribution is 2.38. The molecule has 0 radical (unpaired) electrons. The molecule has 0 bridgehead atoms. The minimum atomic E-state index is -0.869. The highest BCUT2D eigenvalue weighted by atomic mass is 19.1. The molecule has 144 valence electrons. The quantitative estimate of drug-likeness (QED) is 0.785. The van der Waals surface area contributed by atoms with Gasteiger partial charge < -0.3 is 15.5 Å². The maximum absolute atomic E-state index is 14.3. The molecule has 2 N–H and O–H groups in total. The first-order chi connectivity index (χ1) is 13.4. The van der Waals surface area contributed by atoms with Crippen LogP contribution in [0.1, 0.15) is 30.5 Å². The van der Waals surface area contributed by atoms with Gasteiger partial charge in [-0.05, 0) is 35.6 Å². The Morgan fingerprint density at radius 1 is 1.18 bits per heavy atom. The molecule has 2 aliphatic rings. The van der Waals surface area contributed by atoms with Gasteiger partial charge in [0.15, 0.2) is 0 Å². The van der Waals surface area contributed by atoms with E-state index in [1.807, 2.05) is 37.3 Å². The van der Waals surface area contributed by atoms with Crippen LogP contribution >= 0.6 is 0 Å². The molecule has 1 fully saturated rings. The highest BCUT2D eigenvalue weighted by molar-refractivity contribution is 6.39. The molecule has 2 atom stereocenters. The standard InChI is InChI=1S/C21H20FN3O3/c1-12-11-25(19(12)13-5-3-2-4-6-13)21(28)20(27)24-17-9-14-7-8-18(26)23-16(14)10-15(17)22/h2-6,9-10,12,19H,7-8,11H2,1H3,(H,23,26)(H,24,27)/t12-,19+/m1/s1. The number of fused-ring (bicyclic) bond motifs is 1. The number of carbonyl (C=O) groups is 3. The topological polar surface area (TPSA) is 78.5 Å². The Labute approximate surface area is 161 Å². The lowest BCUT2D eigenvalue weighted by atomic mass is 9.84. The van der Waals surface area contributed by atoms with E-state index in [0.29, 0.717) is 25.1 Å². The number of benzene rings is 2. The number of carbonyl (C=O) groups excluding carboxylic acids is 3. The van der Waals surface area contributed by atoms with Crippen molar-refractivity contribution in [3.8, 4) is 0 Å². The molecule has 0 aromatic heterocycles. The van der Waals surface area contributed by atoms with Gasteiger partial charge in [0.2, 0.25) is 5.91 Å². The molecule has 1 saturated heterocycles. The van der Waals surface area contributed by atoms with Gasteiger partial charge in [-0.2, -0.15) is 0 Å². The molecule has 0 spiro atoms. The SMILES string of the molecule is C[C@@H]1CN(C(=O)C(=O)Nc2cc3c(cc2F)NC(=O)CC3)[C@@H]1c1ccccc1. The van der Waals surface area contributed by atoms with Crippen molar-refractivity contribution in [1.29, 1.82) is 0 Å². The molecule has 4 rings (SSSR count). The summed E-state index contributed by atoms with van der Waals surface area (Å²) in [4.78, 5) is 38.0. The average molecular weight is 381 g/mol. The molecule has 7 heteroatoms. The Morgan fingerprint density at radius 2 is 1.93 bits per heavy atom. The van der Waals surface area contributed by atoms with Crippen molar-refractivity contribution >= 4 is 29.1 Å². The van der Waals surface area contributed by atoms with E-state index in [0.717, 1.165) is 11.1 Å². The number of nitrogens with zero attached hydrogens (tertiary/aromatic N) is 1. The summed E-state index contributed by atoms with van der Waals surface area (Å²) in [7, 11) is 0. The van der Waals surface area contributed by atoms with Gasteiger partial charge in [-0.25, -0.2) is 4.39 Å². The molecule has 2 aliphatic heterocycles. The van der Waals surface area contributed by atoms with Crippen molar-refractivity contribution in [2.75, 3.05) is 17.2 Å². The zero-order chi connectivity index (χ0) is 19.8. The largest absolute Gasteiger partial charge is 0.327 e. The molecule has 6 nitrogen and oxygen atoms in total. The van der Waals surface area contributed by atoms with Gasteiger partial charge in [-0.15, -0.1) is 0 Å². The minimum absolute atomic E-state index is 0.0573. The monoisotopic (exact) mass is 381 g/mol. The fraction of sp³-hybridized carbons (Fsp3) is 0.286. The minimum Gasteiger partial charge on any atom is -0.327 e. The summed E-state index contributed by atoms with van der Waals surface area (Å²) in [6, 6.07) is 12.0. The lowest BCUT2D eigenvalue weighted by Crippen LogP contribution is -2.54. The molecule has 2 aromatic rings. The summed E-state index contributed by atoms with van der Waals surface area (Å²) in [5.74, 6) is -2.18. The Kier molecular flexibility index (Phi) is 4.58. The Balaban J connectivity index is 1.50. The second-order valence-corrected chi connectivity index (χ2v) is 7.28. The highest BCUT2D eigenvalue weighted by Gasteiger charge is 2.42. The zero-order valence-corrected chi connectivity index (χ0v) is 15.4. The molecule has 28 heavy (non-hydrogen) atoms. The number of halogens is 1. The van der Waals surface area contributed by atoms with Crippen molar-refractivity contribution in [3.05, 3.63) is 59.4 Å². The van der Waals surface area contributed by atoms with E-state index in [4.69, 9.17) is 0 Å². The fourth-order valence-electron chi connectivity index (χ4n) is 3.87. The molecule has 0 aliphatic carbocycles. The van der Waals surface area contributed by atoms with Crippen LogP contribution in [0.2, 0.25) is 0 Å². The number of likely N-dealkylation sites (tertiary alicyclic amines) is 1. The maximum atomic E-state index is 14.3. The molecular formula is C21H20FN3O3. The summed E-state index contributed by atoms with van der Waals surface area (Å²) in [6.45, 7) is 2.50. The molecule has 3 amide bonds. The van der Waals surface area contributed by atoms with Gasteiger partial charge in [0.05, 0.1) is 11.7 Å². The number of nitrogens with one attached hydrogen (secondary N) is 2. The third-order valence-corrected chi connectivity index (χ3v) is 5.29. The van der Waals surface area contributed by atoms with E-state index >= 15 is 0 Å². The third kappa shape index (κ3) is 3.24. The van der Waals surface area contributed by atoms with Gasteiger partial charge >= 0.3 is 11.8 Å². The first-order valence-electron chi connectivity index (χ1n) is 9.23. The molecule has 2 aromatic carbocycles. The van der Waals surface area contributed by atoms with Crippen LogP contribution < -0.4 is 10.6 Å². The van der Waals surface area contributed by atoms with Crippen LogP contribution in [0, 0.1) is 11.7 Å². The Morgan fingerprint density at radius 3 is 2.64 bits per heavy atom. The normalized spacial score (nSPS) is 20.6. The average Bonchev–Trinajstić information content (AvgIpc) is 2.67. The number of amides is 3. The second kappa shape index (κ2) is 7.07. The maximum Gasteiger partial charge on any atom is 0.314 e. The van der Waals surface area contributed by atoms with Gasteiger partial charge in [0.1, 0.15) is 5.82 Å². The van der Waals surface area contributed by atoms with Gasteiger partial charge in [0.25, 0.3) is 0 Å². The van der Waals surface area contributed by atoms with Gasteiger partial charge in [-0.3, -0.25) is 14.4 Å². The molecule has 0 saturated carbocycles. The van der Waals surface area contributed by atoms with Gasteiger partial charge in [-0.1, -0.05) is 37.3 Å². The summed E-state index contributed by atoms with van der Waals surface area (Å²) in [5, 5.41) is 4.99. The predicted molar refractivity (Wildman–Crippen MR) is 102 cm³/mol. The molecule has 2 heterocycles. The van der Waals surface area contributed by atoms with E-state index in [9.17, 15) is 18.8 Å². The van der Waals surface area contributed by atoms with E-state index < -0.39 is 17.6 Å². The number of rotatable bonds is 2. The summed E-state index contributed by atoms with van der Waals surface area (Å²) >= 11 is 0. The summed E-state index contributed by atoms with van der Waals surface area (Å²) in [6.07, 6.45) is 0.757. The second-order valence-electron chi connectivity index (χ2n) is 7.28. The zero-order valence-electron chi connectivity index (χ0n) is 15.4. The molecule has 0 unspecified atom stereocenters. The van der Waals surface area contributed by atoms with Crippen LogP contribution in [-0.2, 0) is 20.8 Å². The van der Waals surface area contributed by atoms with Crippen molar-refractivity contribution < 1.29 is 18.8 Å². The lowest BCUT2D eigenvalue weighted by molar-refractivity contribution is -0.152. The number of anilines is 2. The summed E-state index contributed by atoms with van der Waals surface area (Å²) in [5.41, 5.74) is 2.04. The number of hydrogen-bond acceptors (Lipinski definition) is 3. The van der Waals surface area contributed by atoms with Crippen LogP contribution in [0.25, 0.3) is 0 Å². The van der Waals surface area contributed by atoms with E-state index in [-0.39, 0.29) is 23.6 Å². The lowest BCUT2D eigenvalue weighted by Gasteiger charge is -2.46. The smallest absolute Gasteiger partial charge is 0.314 e. The predicted octanol–water partition coefficient (Wildman–Crippen LogP) is 2.87. The first-order valence-corrected chi connectivity index (χ1v) is 9.23. The van der Waals surface area contributed by atoms with Crippen molar-refractivity contribution in [2.45, 2.75) is 25.8 Å². The Bertz CT molecular complexity index is 961. The van der Waals surface area contributed by atoms with Crippen LogP contribution in [0.15, 0.2) is 42.5 Å². The fourth-order valence-corrected chi connectivity index (χ4v) is 3.87. The molecular weight excluding hydrogens is 361 g/mol. The van der Waals surface area contributed by atoms with Crippen LogP contribution in [0.5, 0.6) is 0 Å². The number of aryl methyl sites for hydroxylation is 1. The van der Waals surface area contributed by atoms with Crippen molar-refractivity contribution in [2.24, 2.45) is 5.92 Å². The van der Waals surface area contributed by atoms with E-state index in [1.54, 1.807) is 0 Å². The summed E-state index contributed by atoms with van der Waals surface area (Å²) < 4.78 is 14.3. The number of hydrogen-bond donors (Lipinski definition) is 2. The third-order valence-electron chi connectivity index (χ3n) is 5.29. The van der Waals surface area contributed by atoms with Crippen LogP contribution in [0.3, 0.4) is 0 Å². The first kappa shape index (κ1) is 18.2. The van der Waals surface area contributed by atoms with Crippen molar-refractivity contribution in [1.82, 2.24) is 4.90 Å². The van der Waals surface area contributed by atoms with Crippen LogP contribution in [0.4, 0.5) is 15.8 Å². The van der Waals surface area contributed by atoms with E-state index in [1.165, 1.54) is 17.0 Å². The van der Waals surface area contributed by atoms with Crippen molar-refractivity contribution in [3.63, 3.8) is 0 Å².